The third-order valence-electron chi connectivity index (χ3n) is 8.94. The highest BCUT2D eigenvalue weighted by Crippen LogP contribution is 2.48. The molecule has 4 heterocycles. The van der Waals surface area contributed by atoms with Gasteiger partial charge in [-0.3, -0.25) is 4.98 Å². The van der Waals surface area contributed by atoms with E-state index in [-0.39, 0.29) is 34.3 Å². The predicted octanol–water partition coefficient (Wildman–Crippen LogP) is 8.43. The fourth-order valence-corrected chi connectivity index (χ4v) is 6.76. The van der Waals surface area contributed by atoms with Gasteiger partial charge in [-0.2, -0.15) is 13.2 Å². The third kappa shape index (κ3) is 7.38. The van der Waals surface area contributed by atoms with Crippen molar-refractivity contribution in [3.63, 3.8) is 0 Å². The molecule has 0 saturated carbocycles. The van der Waals surface area contributed by atoms with Crippen molar-refractivity contribution >= 4 is 34.6 Å². The molecule has 0 amide bonds. The van der Waals surface area contributed by atoms with Crippen LogP contribution in [0.3, 0.4) is 0 Å². The summed E-state index contributed by atoms with van der Waals surface area (Å²) in [7, 11) is 3.17. The van der Waals surface area contributed by atoms with Crippen LogP contribution in [0.5, 0.6) is 17.2 Å². The van der Waals surface area contributed by atoms with Crippen molar-refractivity contribution in [2.24, 2.45) is 4.99 Å². The maximum absolute atomic E-state index is 15.0. The molecule has 0 fully saturated rings. The Morgan fingerprint density at radius 2 is 1.60 bits per heavy atom. The van der Waals surface area contributed by atoms with E-state index < -0.39 is 11.7 Å². The number of aliphatic imine (C=N–C) groups is 1. The summed E-state index contributed by atoms with van der Waals surface area (Å²) in [5, 5.41) is 3.22. The van der Waals surface area contributed by atoms with Crippen molar-refractivity contribution in [1.82, 2.24) is 14.9 Å². The molecule has 0 radical (unpaired) electrons. The number of nitrogens with two attached hydrogens (primary N) is 1. The molecule has 0 unspecified atom stereocenters. The van der Waals surface area contributed by atoms with Crippen LogP contribution in [-0.2, 0) is 25.8 Å². The number of aromatic nitrogens is 2. The van der Waals surface area contributed by atoms with Crippen LogP contribution < -0.4 is 30.2 Å². The second kappa shape index (κ2) is 14.6. The number of benzene rings is 3. The third-order valence-corrected chi connectivity index (χ3v) is 9.34. The molecule has 3 N–H and O–H groups in total. The van der Waals surface area contributed by atoms with Crippen molar-refractivity contribution in [2.45, 2.75) is 32.7 Å². The number of pyridine rings is 2. The number of aryl methyl sites for hydroxylation is 1. The lowest BCUT2D eigenvalue weighted by atomic mass is 9.97. The molecular formula is C39H35ClF3N7O3. The molecule has 0 aliphatic carbocycles. The molecular weight excluding hydrogens is 707 g/mol. The van der Waals surface area contributed by atoms with Crippen LogP contribution in [0.4, 0.5) is 30.4 Å². The minimum atomic E-state index is -4.75. The lowest BCUT2D eigenvalue weighted by Gasteiger charge is -2.29. The lowest BCUT2D eigenvalue weighted by Crippen LogP contribution is -2.30. The number of hydrogen-bond donors (Lipinski definition) is 2. The van der Waals surface area contributed by atoms with Crippen LogP contribution in [0.15, 0.2) is 96.6 Å². The topological polar surface area (TPSA) is 110 Å². The average molecular weight is 742 g/mol. The number of alkyl halides is 3. The summed E-state index contributed by atoms with van der Waals surface area (Å²) >= 11 is 7.10. The SMILES string of the molecule is COc1ccc(CN(Cc2ccc(OC)cc2)c2cc(C)c(C(F)(F)F)c(-c3cc4c5c(c3Cl)NCN=C5N(Cc3cncc(N)c3)C=CO4)n2)cc1. The van der Waals surface area contributed by atoms with Crippen molar-refractivity contribution in [3.8, 4) is 28.5 Å². The Balaban J connectivity index is 1.35. The minimum Gasteiger partial charge on any atom is -0.497 e. The monoisotopic (exact) mass is 741 g/mol. The molecule has 2 aliphatic rings. The maximum atomic E-state index is 15.0. The van der Waals surface area contributed by atoms with Gasteiger partial charge in [0.15, 0.2) is 0 Å². The van der Waals surface area contributed by atoms with Gasteiger partial charge in [-0.1, -0.05) is 35.9 Å². The Morgan fingerprint density at radius 1 is 0.943 bits per heavy atom. The van der Waals surface area contributed by atoms with E-state index in [0.29, 0.717) is 59.7 Å². The van der Waals surface area contributed by atoms with Gasteiger partial charge in [-0.05, 0) is 71.6 Å². The second-order valence-electron chi connectivity index (χ2n) is 12.5. The number of halogens is 4. The summed E-state index contributed by atoms with van der Waals surface area (Å²) in [6, 6.07) is 19.8. The van der Waals surface area contributed by atoms with E-state index in [1.54, 1.807) is 38.9 Å². The predicted molar refractivity (Wildman–Crippen MR) is 199 cm³/mol. The number of nitrogens with zero attached hydrogens (tertiary/aromatic N) is 5. The van der Waals surface area contributed by atoms with Gasteiger partial charge in [0.25, 0.3) is 0 Å². The van der Waals surface area contributed by atoms with E-state index >= 15 is 13.2 Å². The summed E-state index contributed by atoms with van der Waals surface area (Å²) in [5.41, 5.74) is 8.83. The standard InChI is InChI=1S/C39H35ClF3N7O3/c1-23-14-32(50(19-24-4-8-28(51-2)9-5-24)20-25-6-10-29(52-3)11-7-25)48-36(34(23)39(41,42)43)30-16-31-33-37(35(30)40)46-22-47-38(33)49(12-13-53-31)21-26-15-27(44)18-45-17-26/h4-18,46H,19-22,44H2,1-3H3. The zero-order chi connectivity index (χ0) is 37.3. The second-order valence-corrected chi connectivity index (χ2v) is 12.9. The van der Waals surface area contributed by atoms with Gasteiger partial charge in [-0.15, -0.1) is 0 Å². The van der Waals surface area contributed by atoms with Crippen LogP contribution in [0.2, 0.25) is 5.02 Å². The highest BCUT2D eigenvalue weighted by Gasteiger charge is 2.39. The molecule has 0 spiro atoms. The molecule has 10 nitrogen and oxygen atoms in total. The molecule has 53 heavy (non-hydrogen) atoms. The number of methoxy groups -OCH3 is 2. The first-order valence-corrected chi connectivity index (χ1v) is 16.9. The largest absolute Gasteiger partial charge is 0.497 e. The van der Waals surface area contributed by atoms with Gasteiger partial charge in [0.1, 0.15) is 41.8 Å². The molecule has 2 aromatic heterocycles. The molecule has 14 heteroatoms. The first-order chi connectivity index (χ1) is 25.5. The lowest BCUT2D eigenvalue weighted by molar-refractivity contribution is -0.137. The van der Waals surface area contributed by atoms with Crippen LogP contribution >= 0.6 is 11.6 Å². The van der Waals surface area contributed by atoms with Crippen LogP contribution in [0, 0.1) is 6.92 Å². The van der Waals surface area contributed by atoms with Crippen molar-refractivity contribution in [1.29, 1.82) is 0 Å². The Labute approximate surface area is 309 Å². The minimum absolute atomic E-state index is 0.00967. The summed E-state index contributed by atoms with van der Waals surface area (Å²) < 4.78 is 61.8. The number of nitrogen functional groups attached to an aromatic ring is 1. The summed E-state index contributed by atoms with van der Waals surface area (Å²) in [6.45, 7) is 2.59. The Kier molecular flexibility index (Phi) is 9.76. The smallest absolute Gasteiger partial charge is 0.418 e. The molecule has 0 atom stereocenters. The number of hydrogen-bond acceptors (Lipinski definition) is 10. The van der Waals surface area contributed by atoms with E-state index in [4.69, 9.17) is 36.5 Å². The first-order valence-electron chi connectivity index (χ1n) is 16.6. The highest BCUT2D eigenvalue weighted by molar-refractivity contribution is 6.37. The number of rotatable bonds is 10. The molecule has 3 aromatic carbocycles. The quantitative estimate of drug-likeness (QED) is 0.146. The van der Waals surface area contributed by atoms with Crippen LogP contribution in [-0.4, -0.2) is 41.6 Å². The molecule has 0 bridgehead atoms. The Hall–Kier alpha value is -5.95. The van der Waals surface area contributed by atoms with Gasteiger partial charge in [0, 0.05) is 37.2 Å². The fraction of sp³-hybridized carbons (Fsp3) is 0.205. The first kappa shape index (κ1) is 35.5. The fourth-order valence-electron chi connectivity index (χ4n) is 6.45. The van der Waals surface area contributed by atoms with Crippen molar-refractivity contribution < 1.29 is 27.4 Å². The van der Waals surface area contributed by atoms with Crippen molar-refractivity contribution in [2.75, 3.05) is 36.8 Å². The zero-order valence-electron chi connectivity index (χ0n) is 29.0. The van der Waals surface area contributed by atoms with Gasteiger partial charge < -0.3 is 35.1 Å². The normalized spacial score (nSPS) is 13.3. The molecule has 2 aliphatic heterocycles. The van der Waals surface area contributed by atoms with E-state index in [0.717, 1.165) is 16.7 Å². The van der Waals surface area contributed by atoms with E-state index in [2.05, 4.69) is 15.3 Å². The number of amidine groups is 1. The summed E-state index contributed by atoms with van der Waals surface area (Å²) in [6.07, 6.45) is 1.66. The van der Waals surface area contributed by atoms with Gasteiger partial charge in [0.05, 0.1) is 54.0 Å². The average Bonchev–Trinajstić information content (AvgIpc) is 3.31. The number of ether oxygens (including phenoxy) is 3. The van der Waals surface area contributed by atoms with Gasteiger partial charge in [-0.25, -0.2) is 9.98 Å². The summed E-state index contributed by atoms with van der Waals surface area (Å²) in [5.74, 6) is 2.49. The molecule has 0 saturated heterocycles. The van der Waals surface area contributed by atoms with Crippen LogP contribution in [0.1, 0.15) is 33.4 Å². The highest BCUT2D eigenvalue weighted by atomic mass is 35.5. The van der Waals surface area contributed by atoms with Gasteiger partial charge in [0.2, 0.25) is 0 Å². The Bertz CT molecular complexity index is 2160. The number of anilines is 3. The van der Waals surface area contributed by atoms with Crippen LogP contribution in [0.25, 0.3) is 11.3 Å². The van der Waals surface area contributed by atoms with E-state index in [9.17, 15) is 0 Å². The Morgan fingerprint density at radius 3 is 2.21 bits per heavy atom. The maximum Gasteiger partial charge on any atom is 0.418 e. The van der Waals surface area contributed by atoms with E-state index in [1.165, 1.54) is 25.3 Å². The summed E-state index contributed by atoms with van der Waals surface area (Å²) in [4.78, 5) is 17.4. The van der Waals surface area contributed by atoms with Crippen molar-refractivity contribution in [3.05, 3.63) is 130 Å². The zero-order valence-corrected chi connectivity index (χ0v) is 29.8. The molecule has 7 rings (SSSR count). The van der Waals surface area contributed by atoms with E-state index in [1.807, 2.05) is 58.3 Å². The van der Waals surface area contributed by atoms with Gasteiger partial charge >= 0.3 is 6.18 Å². The molecule has 272 valence electrons. The number of nitrogens with one attached hydrogen (secondary N) is 1. The molecule has 5 aromatic rings.